The third-order valence-corrected chi connectivity index (χ3v) is 5.33. The molecule has 2 unspecified atom stereocenters. The molecule has 106 valence electrons. The Balaban J connectivity index is 1.92. The van der Waals surface area contributed by atoms with Crippen LogP contribution in [0.3, 0.4) is 0 Å². The summed E-state index contributed by atoms with van der Waals surface area (Å²) in [6.45, 7) is 7.04. The average molecular weight is 298 g/mol. The van der Waals surface area contributed by atoms with Crippen molar-refractivity contribution in [2.24, 2.45) is 5.41 Å². The Morgan fingerprint density at radius 3 is 2.95 bits per heavy atom. The van der Waals surface area contributed by atoms with Gasteiger partial charge in [-0.1, -0.05) is 37.6 Å². The molecule has 0 amide bonds. The number of hydrogen-bond donors (Lipinski definition) is 1. The van der Waals surface area contributed by atoms with E-state index in [0.717, 1.165) is 11.4 Å². The van der Waals surface area contributed by atoms with Crippen molar-refractivity contribution in [3.05, 3.63) is 34.9 Å². The Hall–Kier alpha value is -0.180. The van der Waals surface area contributed by atoms with Crippen LogP contribution in [0.5, 0.6) is 0 Å². The summed E-state index contributed by atoms with van der Waals surface area (Å²) in [6.07, 6.45) is 2.34. The highest BCUT2D eigenvalue weighted by atomic mass is 35.5. The number of benzene rings is 1. The molecule has 1 aromatic rings. The van der Waals surface area contributed by atoms with Crippen LogP contribution in [0.2, 0.25) is 5.02 Å². The molecule has 1 aromatic carbocycles. The molecule has 1 N–H and O–H groups in total. The van der Waals surface area contributed by atoms with Gasteiger partial charge < -0.3 is 5.32 Å². The van der Waals surface area contributed by atoms with Gasteiger partial charge in [0.1, 0.15) is 0 Å². The number of nitrogens with one attached hydrogen (secondary N) is 1. The maximum absolute atomic E-state index is 6.04. The summed E-state index contributed by atoms with van der Waals surface area (Å²) in [5, 5.41) is 4.64. The Morgan fingerprint density at radius 2 is 2.26 bits per heavy atom. The smallest absolute Gasteiger partial charge is 0.0408 e. The van der Waals surface area contributed by atoms with E-state index in [1.165, 1.54) is 23.5 Å². The lowest BCUT2D eigenvalue weighted by Gasteiger charge is -2.40. The van der Waals surface area contributed by atoms with Crippen LogP contribution in [0, 0.1) is 5.41 Å². The van der Waals surface area contributed by atoms with Crippen molar-refractivity contribution in [2.45, 2.75) is 45.7 Å². The van der Waals surface area contributed by atoms with Gasteiger partial charge in [0.15, 0.2) is 0 Å². The lowest BCUT2D eigenvalue weighted by Crippen LogP contribution is -2.50. The zero-order chi connectivity index (χ0) is 13.9. The molecule has 1 heterocycles. The zero-order valence-corrected chi connectivity index (χ0v) is 13.7. The van der Waals surface area contributed by atoms with Crippen LogP contribution in [0.1, 0.15) is 32.8 Å². The van der Waals surface area contributed by atoms with Crippen LogP contribution < -0.4 is 5.32 Å². The molecule has 19 heavy (non-hydrogen) atoms. The molecule has 2 atom stereocenters. The molecule has 1 saturated heterocycles. The van der Waals surface area contributed by atoms with Crippen LogP contribution in [0.4, 0.5) is 0 Å². The maximum atomic E-state index is 6.04. The van der Waals surface area contributed by atoms with E-state index in [0.29, 0.717) is 17.5 Å². The molecule has 1 nitrogen and oxygen atoms in total. The van der Waals surface area contributed by atoms with Crippen molar-refractivity contribution in [1.82, 2.24) is 5.32 Å². The second-order valence-electron chi connectivity index (χ2n) is 6.27. The Bertz CT molecular complexity index is 419. The highest BCUT2D eigenvalue weighted by molar-refractivity contribution is 7.99. The third kappa shape index (κ3) is 4.40. The van der Waals surface area contributed by atoms with Crippen molar-refractivity contribution in [3.63, 3.8) is 0 Å². The van der Waals surface area contributed by atoms with Gasteiger partial charge in [-0.15, -0.1) is 0 Å². The molecule has 0 bridgehead atoms. The van der Waals surface area contributed by atoms with Gasteiger partial charge in [-0.25, -0.2) is 0 Å². The van der Waals surface area contributed by atoms with E-state index in [1.54, 1.807) is 0 Å². The number of rotatable bonds is 4. The van der Waals surface area contributed by atoms with Gasteiger partial charge >= 0.3 is 0 Å². The first-order chi connectivity index (χ1) is 8.97. The van der Waals surface area contributed by atoms with Crippen LogP contribution >= 0.6 is 23.4 Å². The fourth-order valence-corrected chi connectivity index (χ4v) is 4.46. The van der Waals surface area contributed by atoms with Gasteiger partial charge in [0.05, 0.1) is 0 Å². The average Bonchev–Trinajstić information content (AvgIpc) is 2.32. The quantitative estimate of drug-likeness (QED) is 0.884. The van der Waals surface area contributed by atoms with Crippen molar-refractivity contribution >= 4 is 23.4 Å². The molecule has 0 spiro atoms. The number of halogens is 1. The second-order valence-corrected chi connectivity index (χ2v) is 7.85. The van der Waals surface area contributed by atoms with Gasteiger partial charge in [-0.2, -0.15) is 11.8 Å². The molecule has 1 fully saturated rings. The number of hydrogen-bond acceptors (Lipinski definition) is 2. The Labute approximate surface area is 126 Å². The van der Waals surface area contributed by atoms with E-state index in [4.69, 9.17) is 11.6 Å². The first-order valence-electron chi connectivity index (χ1n) is 7.05. The predicted molar refractivity (Wildman–Crippen MR) is 87.3 cm³/mol. The third-order valence-electron chi connectivity index (χ3n) is 4.04. The fourth-order valence-electron chi connectivity index (χ4n) is 2.63. The minimum Gasteiger partial charge on any atom is -0.310 e. The zero-order valence-electron chi connectivity index (χ0n) is 12.1. The monoisotopic (exact) mass is 297 g/mol. The predicted octanol–water partition coefficient (Wildman–Crippen LogP) is 4.39. The molecule has 1 aliphatic heterocycles. The van der Waals surface area contributed by atoms with Gasteiger partial charge in [0.25, 0.3) is 0 Å². The molecule has 0 aromatic heterocycles. The standard InChI is InChI=1S/C16H24ClNS/c1-12(9-13-5-4-6-14(17)10-13)18-15-11-19-8-7-16(15,2)3/h4-6,10,12,15,18H,7-9,11H2,1-3H3. The molecule has 1 aliphatic rings. The maximum Gasteiger partial charge on any atom is 0.0408 e. The Morgan fingerprint density at radius 1 is 1.47 bits per heavy atom. The van der Waals surface area contributed by atoms with E-state index >= 15 is 0 Å². The van der Waals surface area contributed by atoms with Crippen LogP contribution in [0.25, 0.3) is 0 Å². The SMILES string of the molecule is CC(Cc1cccc(Cl)c1)NC1CSCCC1(C)C. The second kappa shape index (κ2) is 6.51. The van der Waals surface area contributed by atoms with Gasteiger partial charge in [0, 0.05) is 22.9 Å². The summed E-state index contributed by atoms with van der Waals surface area (Å²) < 4.78 is 0. The van der Waals surface area contributed by atoms with E-state index < -0.39 is 0 Å². The molecular formula is C16H24ClNS. The van der Waals surface area contributed by atoms with Crippen molar-refractivity contribution < 1.29 is 0 Å². The first kappa shape index (κ1) is 15.2. The summed E-state index contributed by atoms with van der Waals surface area (Å²) >= 11 is 8.11. The van der Waals surface area contributed by atoms with Crippen LogP contribution in [-0.4, -0.2) is 23.6 Å². The minimum absolute atomic E-state index is 0.411. The summed E-state index contributed by atoms with van der Waals surface area (Å²) in [5.74, 6) is 2.53. The molecule has 0 radical (unpaired) electrons. The van der Waals surface area contributed by atoms with Gasteiger partial charge in [0.2, 0.25) is 0 Å². The van der Waals surface area contributed by atoms with E-state index in [2.05, 4.69) is 50.0 Å². The van der Waals surface area contributed by atoms with Crippen molar-refractivity contribution in [1.29, 1.82) is 0 Å². The highest BCUT2D eigenvalue weighted by Crippen LogP contribution is 2.34. The summed E-state index contributed by atoms with van der Waals surface area (Å²) in [4.78, 5) is 0. The van der Waals surface area contributed by atoms with Crippen LogP contribution in [0.15, 0.2) is 24.3 Å². The largest absolute Gasteiger partial charge is 0.310 e. The summed E-state index contributed by atoms with van der Waals surface area (Å²) in [5.41, 5.74) is 1.72. The molecule has 2 rings (SSSR count). The number of thioether (sulfide) groups is 1. The van der Waals surface area contributed by atoms with Gasteiger partial charge in [-0.3, -0.25) is 0 Å². The van der Waals surface area contributed by atoms with Crippen molar-refractivity contribution in [3.8, 4) is 0 Å². The Kier molecular flexibility index (Phi) is 5.22. The summed E-state index contributed by atoms with van der Waals surface area (Å²) in [6, 6.07) is 9.29. The summed E-state index contributed by atoms with van der Waals surface area (Å²) in [7, 11) is 0. The van der Waals surface area contributed by atoms with E-state index in [1.807, 2.05) is 12.1 Å². The highest BCUT2D eigenvalue weighted by Gasteiger charge is 2.32. The minimum atomic E-state index is 0.411. The molecule has 0 aliphatic carbocycles. The van der Waals surface area contributed by atoms with Crippen molar-refractivity contribution in [2.75, 3.05) is 11.5 Å². The van der Waals surface area contributed by atoms with Crippen LogP contribution in [-0.2, 0) is 6.42 Å². The van der Waals surface area contributed by atoms with E-state index in [9.17, 15) is 0 Å². The lowest BCUT2D eigenvalue weighted by atomic mass is 9.82. The normalized spacial score (nSPS) is 24.1. The topological polar surface area (TPSA) is 12.0 Å². The lowest BCUT2D eigenvalue weighted by molar-refractivity contribution is 0.231. The first-order valence-corrected chi connectivity index (χ1v) is 8.59. The van der Waals surface area contributed by atoms with E-state index in [-0.39, 0.29) is 0 Å². The fraction of sp³-hybridized carbons (Fsp3) is 0.625. The molecule has 3 heteroatoms. The molecular weight excluding hydrogens is 274 g/mol. The van der Waals surface area contributed by atoms with Gasteiger partial charge in [-0.05, 0) is 48.6 Å². The molecule has 0 saturated carbocycles.